The lowest BCUT2D eigenvalue weighted by atomic mass is 10.1. The highest BCUT2D eigenvalue weighted by molar-refractivity contribution is 7.89. The number of halogens is 2. The Labute approximate surface area is 131 Å². The van der Waals surface area contributed by atoms with Crippen LogP contribution in [0, 0.1) is 6.92 Å². The van der Waals surface area contributed by atoms with Gasteiger partial charge in [-0.15, -0.1) is 0 Å². The Bertz CT molecular complexity index is 800. The molecule has 8 nitrogen and oxygen atoms in total. The summed E-state index contributed by atoms with van der Waals surface area (Å²) in [6.07, 6.45) is 0.799. The minimum absolute atomic E-state index is 0.126. The molecule has 0 saturated heterocycles. The van der Waals surface area contributed by atoms with Crippen LogP contribution in [0.3, 0.4) is 0 Å². The summed E-state index contributed by atoms with van der Waals surface area (Å²) >= 11 is 0. The molecule has 1 aliphatic rings. The molecule has 0 fully saturated rings. The maximum Gasteiger partial charge on any atom is 0.257 e. The van der Waals surface area contributed by atoms with Crippen LogP contribution >= 0.6 is 0 Å². The molecule has 0 aromatic carbocycles. The summed E-state index contributed by atoms with van der Waals surface area (Å²) in [5, 5.41) is 7.86. The lowest BCUT2D eigenvalue weighted by Crippen LogP contribution is -2.41. The molecule has 3 rings (SSSR count). The van der Waals surface area contributed by atoms with Crippen LogP contribution in [0.15, 0.2) is 17.3 Å². The molecule has 23 heavy (non-hydrogen) atoms. The molecule has 0 amide bonds. The van der Waals surface area contributed by atoms with E-state index in [1.54, 1.807) is 11.6 Å². The summed E-state index contributed by atoms with van der Waals surface area (Å²) in [6.45, 7) is 1.53. The zero-order chi connectivity index (χ0) is 16.6. The van der Waals surface area contributed by atoms with Gasteiger partial charge in [-0.25, -0.2) is 31.6 Å². The van der Waals surface area contributed by atoms with Crippen LogP contribution in [0.1, 0.15) is 18.1 Å². The van der Waals surface area contributed by atoms with E-state index in [-0.39, 0.29) is 10.9 Å². The topological polar surface area (TPSA) is 94.7 Å². The molecule has 1 N–H and O–H groups in total. The second-order valence-electron chi connectivity index (χ2n) is 5.40. The molecule has 0 radical (unpaired) electrons. The fourth-order valence-electron chi connectivity index (χ4n) is 2.54. The standard InChI is InChI=1S/C12H16F2N6O2S/c1-8-16-12-3-2-9(5-20(12)17-8)18-23(21,22)10-4-15-19(6-10)7-11(13)14/h4,6,9,11,18H,2-3,5,7H2,1H3. The van der Waals surface area contributed by atoms with Crippen molar-refractivity contribution in [1.29, 1.82) is 0 Å². The van der Waals surface area contributed by atoms with Crippen LogP contribution in [-0.2, 0) is 29.5 Å². The molecule has 1 atom stereocenters. The Balaban J connectivity index is 1.70. The van der Waals surface area contributed by atoms with E-state index in [4.69, 9.17) is 0 Å². The third-order valence-corrected chi connectivity index (χ3v) is 5.01. The van der Waals surface area contributed by atoms with E-state index in [0.29, 0.717) is 25.2 Å². The fourth-order valence-corrected chi connectivity index (χ4v) is 3.76. The molecule has 2 aromatic rings. The highest BCUT2D eigenvalue weighted by Crippen LogP contribution is 2.16. The first-order chi connectivity index (χ1) is 10.8. The number of nitrogens with one attached hydrogen (secondary N) is 1. The molecule has 126 valence electrons. The number of hydrogen-bond donors (Lipinski definition) is 1. The highest BCUT2D eigenvalue weighted by atomic mass is 32.2. The third-order valence-electron chi connectivity index (χ3n) is 3.53. The fraction of sp³-hybridized carbons (Fsp3) is 0.583. The first-order valence-electron chi connectivity index (χ1n) is 7.07. The first kappa shape index (κ1) is 16.0. The van der Waals surface area contributed by atoms with Crippen molar-refractivity contribution in [2.75, 3.05) is 0 Å². The summed E-state index contributed by atoms with van der Waals surface area (Å²) in [5.74, 6) is 1.49. The molecule has 0 saturated carbocycles. The molecular formula is C12H16F2N6O2S. The van der Waals surface area contributed by atoms with E-state index in [1.165, 1.54) is 0 Å². The zero-order valence-corrected chi connectivity index (χ0v) is 13.2. The molecule has 1 unspecified atom stereocenters. The number of hydrogen-bond acceptors (Lipinski definition) is 5. The molecular weight excluding hydrogens is 330 g/mol. The van der Waals surface area contributed by atoms with E-state index in [1.807, 2.05) is 0 Å². The van der Waals surface area contributed by atoms with Gasteiger partial charge in [0, 0.05) is 18.7 Å². The van der Waals surface area contributed by atoms with E-state index >= 15 is 0 Å². The largest absolute Gasteiger partial charge is 0.266 e. The van der Waals surface area contributed by atoms with Gasteiger partial charge >= 0.3 is 0 Å². The second kappa shape index (κ2) is 5.96. The van der Waals surface area contributed by atoms with Crippen molar-refractivity contribution >= 4 is 10.0 Å². The first-order valence-corrected chi connectivity index (χ1v) is 8.55. The predicted octanol–water partition coefficient (Wildman–Crippen LogP) is 0.341. The minimum Gasteiger partial charge on any atom is -0.266 e. The van der Waals surface area contributed by atoms with Crippen molar-refractivity contribution in [2.45, 2.75) is 50.2 Å². The van der Waals surface area contributed by atoms with Crippen molar-refractivity contribution in [1.82, 2.24) is 29.3 Å². The highest BCUT2D eigenvalue weighted by Gasteiger charge is 2.26. The monoisotopic (exact) mass is 346 g/mol. The molecule has 1 aliphatic heterocycles. The maximum atomic E-state index is 12.3. The number of rotatable bonds is 5. The Hall–Kier alpha value is -1.88. The lowest BCUT2D eigenvalue weighted by Gasteiger charge is -2.23. The van der Waals surface area contributed by atoms with Gasteiger partial charge in [0.05, 0.1) is 12.7 Å². The van der Waals surface area contributed by atoms with E-state index < -0.39 is 23.0 Å². The molecule has 11 heteroatoms. The summed E-state index contributed by atoms with van der Waals surface area (Å²) in [6, 6.07) is -0.327. The van der Waals surface area contributed by atoms with Gasteiger partial charge in [-0.05, 0) is 13.3 Å². The quantitative estimate of drug-likeness (QED) is 0.842. The average Bonchev–Trinajstić information content (AvgIpc) is 3.03. The molecule has 2 aromatic heterocycles. The van der Waals surface area contributed by atoms with Crippen molar-refractivity contribution < 1.29 is 17.2 Å². The Kier molecular flexibility index (Phi) is 4.15. The van der Waals surface area contributed by atoms with E-state index in [9.17, 15) is 17.2 Å². The normalized spacial score (nSPS) is 18.3. The number of alkyl halides is 2. The smallest absolute Gasteiger partial charge is 0.257 e. The van der Waals surface area contributed by atoms with Gasteiger partial charge in [0.2, 0.25) is 10.0 Å². The number of nitrogens with zero attached hydrogens (tertiary/aromatic N) is 5. The van der Waals surface area contributed by atoms with Crippen LogP contribution in [0.5, 0.6) is 0 Å². The SMILES string of the molecule is Cc1nc2n(n1)CC(NS(=O)(=O)c1cnn(CC(F)F)c1)CC2. The van der Waals surface area contributed by atoms with Crippen LogP contribution < -0.4 is 4.72 Å². The van der Waals surface area contributed by atoms with Gasteiger partial charge in [-0.2, -0.15) is 10.2 Å². The molecule has 3 heterocycles. The predicted molar refractivity (Wildman–Crippen MR) is 75.4 cm³/mol. The molecule has 0 bridgehead atoms. The zero-order valence-electron chi connectivity index (χ0n) is 12.4. The van der Waals surface area contributed by atoms with Crippen LogP contribution in [-0.4, -0.2) is 45.4 Å². The van der Waals surface area contributed by atoms with Crippen molar-refractivity contribution in [3.63, 3.8) is 0 Å². The van der Waals surface area contributed by atoms with Gasteiger partial charge in [-0.3, -0.25) is 4.68 Å². The van der Waals surface area contributed by atoms with Gasteiger partial charge in [-0.1, -0.05) is 0 Å². The van der Waals surface area contributed by atoms with Crippen LogP contribution in [0.4, 0.5) is 8.78 Å². The van der Waals surface area contributed by atoms with Crippen molar-refractivity contribution in [2.24, 2.45) is 0 Å². The maximum absolute atomic E-state index is 12.3. The van der Waals surface area contributed by atoms with E-state index in [0.717, 1.165) is 22.9 Å². The third kappa shape index (κ3) is 3.55. The summed E-state index contributed by atoms with van der Waals surface area (Å²) in [5.41, 5.74) is 0. The Morgan fingerprint density at radius 1 is 1.48 bits per heavy atom. The number of aryl methyl sites for hydroxylation is 2. The summed E-state index contributed by atoms with van der Waals surface area (Å²) in [7, 11) is -3.81. The Morgan fingerprint density at radius 2 is 2.26 bits per heavy atom. The van der Waals surface area contributed by atoms with Gasteiger partial charge in [0.25, 0.3) is 6.43 Å². The lowest BCUT2D eigenvalue weighted by molar-refractivity contribution is 0.121. The molecule has 0 aliphatic carbocycles. The number of aromatic nitrogens is 5. The van der Waals surface area contributed by atoms with Gasteiger partial charge in [0.15, 0.2) is 0 Å². The minimum atomic E-state index is -3.81. The number of sulfonamides is 1. The van der Waals surface area contributed by atoms with Gasteiger partial charge < -0.3 is 0 Å². The molecule has 0 spiro atoms. The second-order valence-corrected chi connectivity index (χ2v) is 7.12. The van der Waals surface area contributed by atoms with Crippen LogP contribution in [0.25, 0.3) is 0 Å². The van der Waals surface area contributed by atoms with E-state index in [2.05, 4.69) is 19.9 Å². The average molecular weight is 346 g/mol. The number of fused-ring (bicyclic) bond motifs is 1. The van der Waals surface area contributed by atoms with Crippen molar-refractivity contribution in [3.8, 4) is 0 Å². The van der Waals surface area contributed by atoms with Crippen molar-refractivity contribution in [3.05, 3.63) is 24.0 Å². The summed E-state index contributed by atoms with van der Waals surface area (Å²) < 4.78 is 54.4. The Morgan fingerprint density at radius 3 is 3.00 bits per heavy atom. The summed E-state index contributed by atoms with van der Waals surface area (Å²) in [4.78, 5) is 4.14. The van der Waals surface area contributed by atoms with Gasteiger partial charge in [0.1, 0.15) is 23.1 Å². The van der Waals surface area contributed by atoms with Crippen LogP contribution in [0.2, 0.25) is 0 Å².